The van der Waals surface area contributed by atoms with Gasteiger partial charge in [0.25, 0.3) is 0 Å². The Balaban J connectivity index is 1.68. The molecule has 1 aliphatic rings. The zero-order valence-electron chi connectivity index (χ0n) is 18.1. The van der Waals surface area contributed by atoms with Crippen molar-refractivity contribution >= 4 is 21.6 Å². The number of benzene rings is 2. The van der Waals surface area contributed by atoms with E-state index in [4.69, 9.17) is 0 Å². The average Bonchev–Trinajstić information content (AvgIpc) is 2.75. The minimum absolute atomic E-state index is 0.00435. The molecule has 2 aromatic carbocycles. The van der Waals surface area contributed by atoms with Crippen LogP contribution in [-0.2, 0) is 21.0 Å². The number of carbonyl (C=O) groups excluding carboxylic acids is 1. The van der Waals surface area contributed by atoms with Crippen LogP contribution in [0.4, 0.5) is 18.9 Å². The number of halogens is 3. The molecular formula is C22H26F3N3O3S. The molecule has 174 valence electrons. The van der Waals surface area contributed by atoms with Crippen LogP contribution in [0.2, 0.25) is 0 Å². The highest BCUT2D eigenvalue weighted by molar-refractivity contribution is 7.89. The molecule has 10 heteroatoms. The third-order valence-electron chi connectivity index (χ3n) is 5.66. The summed E-state index contributed by atoms with van der Waals surface area (Å²) in [7, 11) is -4.32. The monoisotopic (exact) mass is 469 g/mol. The second-order valence-electron chi connectivity index (χ2n) is 7.92. The van der Waals surface area contributed by atoms with Gasteiger partial charge in [0.15, 0.2) is 0 Å². The second-order valence-corrected chi connectivity index (χ2v) is 9.82. The number of aryl methyl sites for hydroxylation is 2. The molecule has 1 fully saturated rings. The first kappa shape index (κ1) is 24.2. The second kappa shape index (κ2) is 9.21. The third-order valence-corrected chi connectivity index (χ3v) is 7.62. The maximum Gasteiger partial charge on any atom is 0.417 e. The molecule has 0 spiro atoms. The van der Waals surface area contributed by atoms with Gasteiger partial charge in [-0.2, -0.15) is 17.5 Å². The zero-order valence-corrected chi connectivity index (χ0v) is 18.9. The number of hydrogen-bond acceptors (Lipinski definition) is 4. The van der Waals surface area contributed by atoms with Crippen LogP contribution in [-0.4, -0.2) is 55.8 Å². The van der Waals surface area contributed by atoms with Crippen LogP contribution in [0, 0.1) is 13.8 Å². The molecule has 6 nitrogen and oxygen atoms in total. The fraction of sp³-hybridized carbons (Fsp3) is 0.409. The molecule has 1 unspecified atom stereocenters. The van der Waals surface area contributed by atoms with Gasteiger partial charge in [0, 0.05) is 31.9 Å². The molecule has 0 aliphatic carbocycles. The molecule has 0 radical (unpaired) electrons. The first-order valence-electron chi connectivity index (χ1n) is 10.2. The number of hydrogen-bond donors (Lipinski definition) is 1. The van der Waals surface area contributed by atoms with Crippen molar-refractivity contribution in [3.05, 3.63) is 59.2 Å². The van der Waals surface area contributed by atoms with E-state index in [0.29, 0.717) is 5.69 Å². The molecule has 0 aromatic heterocycles. The summed E-state index contributed by atoms with van der Waals surface area (Å²) >= 11 is 0. The summed E-state index contributed by atoms with van der Waals surface area (Å²) < 4.78 is 66.8. The molecule has 1 amide bonds. The minimum Gasteiger partial charge on any atom is -0.324 e. The van der Waals surface area contributed by atoms with Crippen molar-refractivity contribution in [1.82, 2.24) is 9.21 Å². The Morgan fingerprint density at radius 3 is 2.28 bits per heavy atom. The predicted octanol–water partition coefficient (Wildman–Crippen LogP) is 3.66. The number of piperazine rings is 1. The maximum atomic E-state index is 13.3. The lowest BCUT2D eigenvalue weighted by molar-refractivity contribution is -0.140. The fourth-order valence-corrected chi connectivity index (χ4v) is 5.30. The number of anilines is 1. The summed E-state index contributed by atoms with van der Waals surface area (Å²) in [6.07, 6.45) is -4.77. The lowest BCUT2D eigenvalue weighted by Gasteiger charge is -2.37. The fourth-order valence-electron chi connectivity index (χ4n) is 3.67. The zero-order chi connectivity index (χ0) is 23.7. The molecule has 1 atom stereocenters. The van der Waals surface area contributed by atoms with E-state index in [2.05, 4.69) is 5.32 Å². The maximum absolute atomic E-state index is 13.3. The van der Waals surface area contributed by atoms with Crippen LogP contribution in [0.25, 0.3) is 0 Å². The molecule has 1 heterocycles. The number of alkyl halides is 3. The van der Waals surface area contributed by atoms with E-state index in [1.165, 1.54) is 6.07 Å². The normalized spacial score (nSPS) is 17.2. The van der Waals surface area contributed by atoms with E-state index in [0.717, 1.165) is 33.6 Å². The van der Waals surface area contributed by atoms with Gasteiger partial charge in [-0.1, -0.05) is 24.3 Å². The number of rotatable bonds is 5. The Morgan fingerprint density at radius 1 is 1.03 bits per heavy atom. The number of amides is 1. The molecule has 32 heavy (non-hydrogen) atoms. The summed E-state index contributed by atoms with van der Waals surface area (Å²) in [4.78, 5) is 13.8. The van der Waals surface area contributed by atoms with Crippen LogP contribution in [0.15, 0.2) is 47.4 Å². The van der Waals surface area contributed by atoms with Crippen LogP contribution in [0.1, 0.15) is 23.6 Å². The van der Waals surface area contributed by atoms with Gasteiger partial charge in [-0.3, -0.25) is 9.69 Å². The Labute approximate surface area is 186 Å². The molecule has 3 rings (SSSR count). The van der Waals surface area contributed by atoms with E-state index in [1.54, 1.807) is 6.92 Å². The highest BCUT2D eigenvalue weighted by Gasteiger charge is 2.40. The van der Waals surface area contributed by atoms with Gasteiger partial charge in [0.2, 0.25) is 15.9 Å². The molecular weight excluding hydrogens is 443 g/mol. The van der Waals surface area contributed by atoms with E-state index in [1.807, 2.05) is 36.9 Å². The van der Waals surface area contributed by atoms with Crippen molar-refractivity contribution < 1.29 is 26.4 Å². The van der Waals surface area contributed by atoms with E-state index >= 15 is 0 Å². The Morgan fingerprint density at radius 2 is 1.66 bits per heavy atom. The molecule has 1 saturated heterocycles. The van der Waals surface area contributed by atoms with Crippen molar-refractivity contribution in [2.75, 3.05) is 31.5 Å². The summed E-state index contributed by atoms with van der Waals surface area (Å²) in [5.41, 5.74) is 1.47. The van der Waals surface area contributed by atoms with Crippen LogP contribution >= 0.6 is 0 Å². The summed E-state index contributed by atoms with van der Waals surface area (Å²) in [6, 6.07) is 9.40. The van der Waals surface area contributed by atoms with Crippen molar-refractivity contribution in [2.45, 2.75) is 37.9 Å². The minimum atomic E-state index is -4.77. The van der Waals surface area contributed by atoms with Crippen molar-refractivity contribution in [2.24, 2.45) is 0 Å². The number of nitrogens with one attached hydrogen (secondary N) is 1. The van der Waals surface area contributed by atoms with Gasteiger partial charge in [-0.05, 0) is 50.1 Å². The largest absolute Gasteiger partial charge is 0.417 e. The van der Waals surface area contributed by atoms with Crippen molar-refractivity contribution in [3.63, 3.8) is 0 Å². The number of carbonyl (C=O) groups is 1. The molecule has 1 aliphatic heterocycles. The van der Waals surface area contributed by atoms with Gasteiger partial charge < -0.3 is 5.32 Å². The summed E-state index contributed by atoms with van der Waals surface area (Å²) in [5.74, 6) is -0.225. The number of nitrogens with zero attached hydrogens (tertiary/aromatic N) is 2. The third kappa shape index (κ3) is 5.13. The van der Waals surface area contributed by atoms with Crippen LogP contribution in [0.5, 0.6) is 0 Å². The first-order valence-corrected chi connectivity index (χ1v) is 11.6. The highest BCUT2D eigenvalue weighted by Crippen LogP contribution is 2.35. The number of sulfonamides is 1. The molecule has 2 aromatic rings. The van der Waals surface area contributed by atoms with Gasteiger partial charge in [-0.15, -0.1) is 0 Å². The van der Waals surface area contributed by atoms with Crippen LogP contribution in [0.3, 0.4) is 0 Å². The molecule has 0 bridgehead atoms. The van der Waals surface area contributed by atoms with Gasteiger partial charge in [0.05, 0.1) is 16.5 Å². The van der Waals surface area contributed by atoms with E-state index in [9.17, 15) is 26.4 Å². The van der Waals surface area contributed by atoms with Crippen LogP contribution < -0.4 is 5.32 Å². The van der Waals surface area contributed by atoms with Gasteiger partial charge in [0.1, 0.15) is 0 Å². The predicted molar refractivity (Wildman–Crippen MR) is 116 cm³/mol. The summed E-state index contributed by atoms with van der Waals surface area (Å²) in [5, 5.41) is 2.90. The van der Waals surface area contributed by atoms with Gasteiger partial charge >= 0.3 is 6.18 Å². The van der Waals surface area contributed by atoms with Crippen molar-refractivity contribution in [3.8, 4) is 0 Å². The van der Waals surface area contributed by atoms with E-state index in [-0.39, 0.29) is 32.1 Å². The van der Waals surface area contributed by atoms with E-state index < -0.39 is 32.7 Å². The first-order chi connectivity index (χ1) is 14.9. The quantitative estimate of drug-likeness (QED) is 0.726. The lowest BCUT2D eigenvalue weighted by atomic mass is 10.1. The Bertz CT molecular complexity index is 1100. The molecule has 0 saturated carbocycles. The average molecular weight is 470 g/mol. The van der Waals surface area contributed by atoms with Gasteiger partial charge in [-0.25, -0.2) is 8.42 Å². The molecule has 1 N–H and O–H groups in total. The standard InChI is InChI=1S/C22H26F3N3O3S/c1-15-8-9-16(2)19(14-15)26-21(29)17(3)27-10-12-28(13-11-27)32(30,31)20-7-5-4-6-18(20)22(23,24)25/h4-9,14,17H,10-13H2,1-3H3,(H,26,29). The lowest BCUT2D eigenvalue weighted by Crippen LogP contribution is -2.54. The highest BCUT2D eigenvalue weighted by atomic mass is 32.2. The Hall–Kier alpha value is -2.43. The smallest absolute Gasteiger partial charge is 0.324 e. The summed E-state index contributed by atoms with van der Waals surface area (Å²) in [6.45, 7) is 6.00. The Kier molecular flexibility index (Phi) is 6.97. The topological polar surface area (TPSA) is 69.7 Å². The SMILES string of the molecule is Cc1ccc(C)c(NC(=O)C(C)N2CCN(S(=O)(=O)c3ccccc3C(F)(F)F)CC2)c1. The van der Waals surface area contributed by atoms with Crippen molar-refractivity contribution in [1.29, 1.82) is 0 Å².